The third kappa shape index (κ3) is 5.74. The monoisotopic (exact) mass is 395 g/mol. The number of urea groups is 1. The maximum Gasteiger partial charge on any atom is 0.321 e. The number of hydrogen-bond donors (Lipinski definition) is 2. The van der Waals surface area contributed by atoms with Crippen molar-refractivity contribution >= 4 is 35.3 Å². The lowest BCUT2D eigenvalue weighted by Gasteiger charge is -2.20. The molecule has 0 saturated heterocycles. The van der Waals surface area contributed by atoms with Crippen molar-refractivity contribution in [1.82, 2.24) is 25.4 Å². The van der Waals surface area contributed by atoms with Crippen LogP contribution in [-0.4, -0.2) is 38.0 Å². The number of hydrogen-bond acceptors (Lipinski definition) is 5. The fourth-order valence-electron chi connectivity index (χ4n) is 2.19. The van der Waals surface area contributed by atoms with Crippen LogP contribution in [0.2, 0.25) is 5.02 Å². The van der Waals surface area contributed by atoms with Gasteiger partial charge in [-0.3, -0.25) is 10.1 Å². The third-order valence-electron chi connectivity index (χ3n) is 3.19. The Morgan fingerprint density at radius 2 is 2.00 bits per heavy atom. The number of thioether (sulfide) groups is 1. The van der Waals surface area contributed by atoms with Crippen LogP contribution in [0.4, 0.5) is 4.79 Å². The van der Waals surface area contributed by atoms with Gasteiger partial charge in [-0.1, -0.05) is 35.5 Å². The summed E-state index contributed by atoms with van der Waals surface area (Å²) in [6, 6.07) is 6.84. The average molecular weight is 396 g/mol. The van der Waals surface area contributed by atoms with Crippen molar-refractivity contribution in [3.8, 4) is 11.4 Å². The molecule has 7 nitrogen and oxygen atoms in total. The molecule has 0 saturated carbocycles. The molecule has 26 heavy (non-hydrogen) atoms. The summed E-state index contributed by atoms with van der Waals surface area (Å²) in [5.74, 6) is 0.348. The first-order chi connectivity index (χ1) is 12.2. The van der Waals surface area contributed by atoms with Crippen LogP contribution in [-0.2, 0) is 11.3 Å². The van der Waals surface area contributed by atoms with Gasteiger partial charge in [0.1, 0.15) is 0 Å². The number of rotatable bonds is 5. The van der Waals surface area contributed by atoms with E-state index in [2.05, 4.69) is 20.8 Å². The maximum absolute atomic E-state index is 12.0. The second-order valence-corrected chi connectivity index (χ2v) is 7.98. The Hall–Kier alpha value is -2.06. The van der Waals surface area contributed by atoms with Gasteiger partial charge in [-0.2, -0.15) is 0 Å². The summed E-state index contributed by atoms with van der Waals surface area (Å²) < 4.78 is 1.90. The lowest BCUT2D eigenvalue weighted by molar-refractivity contribution is -0.117. The highest BCUT2D eigenvalue weighted by atomic mass is 35.5. The van der Waals surface area contributed by atoms with E-state index < -0.39 is 17.5 Å². The molecular formula is C17H22ClN5O2S. The Labute approximate surface area is 161 Å². The van der Waals surface area contributed by atoms with Crippen molar-refractivity contribution in [2.24, 2.45) is 0 Å². The van der Waals surface area contributed by atoms with E-state index in [0.717, 1.165) is 5.56 Å². The van der Waals surface area contributed by atoms with Crippen LogP contribution >= 0.6 is 23.4 Å². The van der Waals surface area contributed by atoms with Gasteiger partial charge >= 0.3 is 6.03 Å². The molecule has 0 aliphatic heterocycles. The largest absolute Gasteiger partial charge is 0.333 e. The fourth-order valence-corrected chi connectivity index (χ4v) is 3.18. The molecule has 0 unspecified atom stereocenters. The van der Waals surface area contributed by atoms with Crippen molar-refractivity contribution in [1.29, 1.82) is 0 Å². The average Bonchev–Trinajstić information content (AvgIpc) is 2.93. The van der Waals surface area contributed by atoms with Crippen molar-refractivity contribution < 1.29 is 9.59 Å². The molecule has 2 rings (SSSR count). The lowest BCUT2D eigenvalue weighted by Crippen LogP contribution is -2.48. The van der Waals surface area contributed by atoms with Crippen LogP contribution in [0.1, 0.15) is 27.7 Å². The zero-order valence-corrected chi connectivity index (χ0v) is 16.7. The van der Waals surface area contributed by atoms with Crippen molar-refractivity contribution in [3.63, 3.8) is 0 Å². The minimum absolute atomic E-state index is 0.0608. The minimum atomic E-state index is -0.514. The molecule has 0 atom stereocenters. The first-order valence-electron chi connectivity index (χ1n) is 8.13. The molecule has 0 aliphatic carbocycles. The van der Waals surface area contributed by atoms with Gasteiger partial charge in [0.2, 0.25) is 5.91 Å². The number of nitrogens with one attached hydrogen (secondary N) is 2. The molecule has 1 heterocycles. The second-order valence-electron chi connectivity index (χ2n) is 6.60. The van der Waals surface area contributed by atoms with Crippen molar-refractivity contribution in [2.45, 2.75) is 44.9 Å². The normalized spacial score (nSPS) is 11.3. The summed E-state index contributed by atoms with van der Waals surface area (Å²) in [5, 5.41) is 14.6. The van der Waals surface area contributed by atoms with E-state index in [1.807, 2.05) is 50.5 Å². The number of benzene rings is 1. The van der Waals surface area contributed by atoms with Gasteiger partial charge in [0, 0.05) is 22.7 Å². The van der Waals surface area contributed by atoms with Gasteiger partial charge in [0.15, 0.2) is 11.0 Å². The van der Waals surface area contributed by atoms with Crippen molar-refractivity contribution in [3.05, 3.63) is 29.3 Å². The van der Waals surface area contributed by atoms with Gasteiger partial charge in [-0.25, -0.2) is 4.79 Å². The molecule has 0 spiro atoms. The number of carbonyl (C=O) groups is 2. The van der Waals surface area contributed by atoms with E-state index in [1.54, 1.807) is 6.07 Å². The summed E-state index contributed by atoms with van der Waals surface area (Å²) in [5.41, 5.74) is 0.443. The Morgan fingerprint density at radius 3 is 2.62 bits per heavy atom. The Kier molecular flexibility index (Phi) is 6.66. The van der Waals surface area contributed by atoms with Crippen LogP contribution in [0.15, 0.2) is 29.4 Å². The molecule has 0 bridgehead atoms. The number of aromatic nitrogens is 3. The molecule has 0 aliphatic rings. The number of halogens is 1. The van der Waals surface area contributed by atoms with Crippen LogP contribution in [0.5, 0.6) is 0 Å². The summed E-state index contributed by atoms with van der Waals surface area (Å²) in [7, 11) is 0. The highest BCUT2D eigenvalue weighted by Crippen LogP contribution is 2.25. The second kappa shape index (κ2) is 8.55. The fraction of sp³-hybridized carbons (Fsp3) is 0.412. The molecular weight excluding hydrogens is 374 g/mol. The summed E-state index contributed by atoms with van der Waals surface area (Å²) >= 11 is 7.26. The predicted molar refractivity (Wildman–Crippen MR) is 103 cm³/mol. The molecule has 0 radical (unpaired) electrons. The molecule has 9 heteroatoms. The Balaban J connectivity index is 2.02. The molecule has 140 valence electrons. The van der Waals surface area contributed by atoms with E-state index in [9.17, 15) is 9.59 Å². The Bertz CT molecular complexity index is 801. The summed E-state index contributed by atoms with van der Waals surface area (Å²) in [6.07, 6.45) is 0. The zero-order chi connectivity index (χ0) is 19.3. The molecule has 1 aromatic carbocycles. The highest BCUT2D eigenvalue weighted by molar-refractivity contribution is 7.99. The quantitative estimate of drug-likeness (QED) is 0.758. The van der Waals surface area contributed by atoms with Crippen molar-refractivity contribution in [2.75, 3.05) is 5.75 Å². The molecule has 0 fully saturated rings. The van der Waals surface area contributed by atoms with E-state index in [0.29, 0.717) is 22.5 Å². The smallest absolute Gasteiger partial charge is 0.321 e. The predicted octanol–water partition coefficient (Wildman–Crippen LogP) is 3.33. The van der Waals surface area contributed by atoms with Crippen LogP contribution < -0.4 is 10.6 Å². The number of imide groups is 1. The molecule has 3 amide bonds. The number of amides is 3. The van der Waals surface area contributed by atoms with Gasteiger partial charge < -0.3 is 9.88 Å². The van der Waals surface area contributed by atoms with Gasteiger partial charge in [0.25, 0.3) is 0 Å². The van der Waals surface area contributed by atoms with Gasteiger partial charge in [-0.05, 0) is 39.8 Å². The zero-order valence-electron chi connectivity index (χ0n) is 15.2. The maximum atomic E-state index is 12.0. The standard InChI is InChI=1S/C17H22ClN5O2S/c1-5-23-14(11-7-6-8-12(18)9-11)21-22-16(23)26-10-13(24)19-15(25)20-17(2,3)4/h6-9H,5,10H2,1-4H3,(H2,19,20,24,25). The van der Waals surface area contributed by atoms with Gasteiger partial charge in [-0.15, -0.1) is 10.2 Å². The number of nitrogens with zero attached hydrogens (tertiary/aromatic N) is 3. The highest BCUT2D eigenvalue weighted by Gasteiger charge is 2.18. The van der Waals surface area contributed by atoms with Gasteiger partial charge in [0.05, 0.1) is 5.75 Å². The van der Waals surface area contributed by atoms with E-state index in [4.69, 9.17) is 11.6 Å². The molecule has 1 aromatic heterocycles. The van der Waals surface area contributed by atoms with E-state index in [-0.39, 0.29) is 5.75 Å². The van der Waals surface area contributed by atoms with Crippen LogP contribution in [0.3, 0.4) is 0 Å². The van der Waals surface area contributed by atoms with Crippen LogP contribution in [0.25, 0.3) is 11.4 Å². The van der Waals surface area contributed by atoms with E-state index >= 15 is 0 Å². The molecule has 2 N–H and O–H groups in total. The topological polar surface area (TPSA) is 88.9 Å². The Morgan fingerprint density at radius 1 is 1.27 bits per heavy atom. The first kappa shape index (κ1) is 20.3. The first-order valence-corrected chi connectivity index (χ1v) is 9.50. The SMILES string of the molecule is CCn1c(SCC(=O)NC(=O)NC(C)(C)C)nnc1-c1cccc(Cl)c1. The number of carbonyl (C=O) groups excluding carboxylic acids is 2. The van der Waals surface area contributed by atoms with E-state index in [1.165, 1.54) is 11.8 Å². The lowest BCUT2D eigenvalue weighted by atomic mass is 10.1. The molecule has 2 aromatic rings. The third-order valence-corrected chi connectivity index (χ3v) is 4.39. The van der Waals surface area contributed by atoms with Crippen LogP contribution in [0, 0.1) is 0 Å². The minimum Gasteiger partial charge on any atom is -0.333 e. The summed E-state index contributed by atoms with van der Waals surface area (Å²) in [6.45, 7) is 8.13. The summed E-state index contributed by atoms with van der Waals surface area (Å²) in [4.78, 5) is 23.7.